The van der Waals surface area contributed by atoms with Crippen molar-refractivity contribution in [2.75, 3.05) is 12.3 Å². The second-order valence-electron chi connectivity index (χ2n) is 7.25. The summed E-state index contributed by atoms with van der Waals surface area (Å²) < 4.78 is 0. The number of nitrogens with two attached hydrogens (primary N) is 1. The summed E-state index contributed by atoms with van der Waals surface area (Å²) in [5.74, 6) is 0.750. The predicted molar refractivity (Wildman–Crippen MR) is 113 cm³/mol. The van der Waals surface area contributed by atoms with Crippen LogP contribution in [-0.2, 0) is 19.5 Å². The lowest BCUT2D eigenvalue weighted by Crippen LogP contribution is -2.31. The molecule has 0 radical (unpaired) electrons. The van der Waals surface area contributed by atoms with Crippen molar-refractivity contribution >= 4 is 28.2 Å². The topological polar surface area (TPSA) is 70.8 Å². The fourth-order valence-corrected chi connectivity index (χ4v) is 3.96. The summed E-state index contributed by atoms with van der Waals surface area (Å²) in [5, 5.41) is 1.95. The average Bonchev–Trinajstić information content (AvgIpc) is 3.10. The van der Waals surface area contributed by atoms with Crippen LogP contribution in [0.2, 0.25) is 5.02 Å². The van der Waals surface area contributed by atoms with E-state index >= 15 is 0 Å². The summed E-state index contributed by atoms with van der Waals surface area (Å²) in [6.45, 7) is 2.67. The Hall–Kier alpha value is -2.89. The number of anilines is 1. The van der Waals surface area contributed by atoms with Gasteiger partial charge >= 0.3 is 0 Å². The van der Waals surface area contributed by atoms with Gasteiger partial charge in [0, 0.05) is 59.2 Å². The van der Waals surface area contributed by atoms with Gasteiger partial charge in [-0.05, 0) is 60.0 Å². The van der Waals surface area contributed by atoms with Crippen molar-refractivity contribution in [2.24, 2.45) is 0 Å². The van der Waals surface area contributed by atoms with Crippen molar-refractivity contribution in [3.63, 3.8) is 0 Å². The molecule has 0 fully saturated rings. The highest BCUT2D eigenvalue weighted by molar-refractivity contribution is 6.31. The maximum Gasteiger partial charge on any atom is 0.159 e. The van der Waals surface area contributed by atoms with E-state index in [9.17, 15) is 0 Å². The van der Waals surface area contributed by atoms with Gasteiger partial charge in [0.05, 0.1) is 5.69 Å². The molecule has 2 aromatic heterocycles. The van der Waals surface area contributed by atoms with Gasteiger partial charge in [0.2, 0.25) is 0 Å². The number of hydrogen-bond acceptors (Lipinski definition) is 4. The predicted octanol–water partition coefficient (Wildman–Crippen LogP) is 4.42. The number of nitrogens with one attached hydrogen (secondary N) is 1. The molecule has 4 aromatic rings. The van der Waals surface area contributed by atoms with Gasteiger partial charge in [0.25, 0.3) is 0 Å². The first-order valence-corrected chi connectivity index (χ1v) is 9.72. The third-order valence-corrected chi connectivity index (χ3v) is 5.55. The van der Waals surface area contributed by atoms with Gasteiger partial charge in [0.1, 0.15) is 0 Å². The smallest absolute Gasteiger partial charge is 0.159 e. The quantitative estimate of drug-likeness (QED) is 0.509. The molecule has 1 aliphatic rings. The Labute approximate surface area is 168 Å². The van der Waals surface area contributed by atoms with Gasteiger partial charge in [-0.2, -0.15) is 0 Å². The summed E-state index contributed by atoms with van der Waals surface area (Å²) in [6.07, 6.45) is 5.01. The molecule has 0 aliphatic carbocycles. The van der Waals surface area contributed by atoms with Crippen LogP contribution in [-0.4, -0.2) is 26.4 Å². The van der Waals surface area contributed by atoms with E-state index in [4.69, 9.17) is 22.3 Å². The lowest BCUT2D eigenvalue weighted by Gasteiger charge is -2.27. The molecule has 0 saturated carbocycles. The van der Waals surface area contributed by atoms with Crippen LogP contribution in [0.15, 0.2) is 54.9 Å². The number of rotatable bonds is 3. The first-order valence-electron chi connectivity index (χ1n) is 9.34. The summed E-state index contributed by atoms with van der Waals surface area (Å²) >= 11 is 6.19. The lowest BCUT2D eigenvalue weighted by atomic mass is 10.1. The van der Waals surface area contributed by atoms with E-state index in [0.717, 1.165) is 59.4 Å². The summed E-state index contributed by atoms with van der Waals surface area (Å²) in [5.41, 5.74) is 12.2. The molecular weight excluding hydrogens is 370 g/mol. The standard InChI is InChI=1S/C22H20ClN5/c23-17-3-6-20-19(9-17)16(11-25-20)12-28-8-7-15-10-26-22(27-21(15)13-28)14-1-4-18(24)5-2-14/h1-6,9-11,25H,7-8,12-13,24H2. The molecule has 0 atom stereocenters. The molecule has 5 rings (SSSR count). The van der Waals surface area contributed by atoms with Gasteiger partial charge < -0.3 is 10.7 Å². The van der Waals surface area contributed by atoms with Crippen LogP contribution in [0.4, 0.5) is 5.69 Å². The molecule has 5 nitrogen and oxygen atoms in total. The minimum atomic E-state index is 0.742. The third kappa shape index (κ3) is 3.23. The first kappa shape index (κ1) is 17.2. The zero-order chi connectivity index (χ0) is 19.1. The fraction of sp³-hybridized carbons (Fsp3) is 0.182. The van der Waals surface area contributed by atoms with Crippen LogP contribution in [0.1, 0.15) is 16.8 Å². The van der Waals surface area contributed by atoms with Gasteiger partial charge in [-0.1, -0.05) is 11.6 Å². The summed E-state index contributed by atoms with van der Waals surface area (Å²) in [6, 6.07) is 13.7. The number of fused-ring (bicyclic) bond motifs is 2. The third-order valence-electron chi connectivity index (χ3n) is 5.32. The van der Waals surface area contributed by atoms with Gasteiger partial charge in [-0.25, -0.2) is 9.97 Å². The maximum atomic E-state index is 6.19. The second kappa shape index (κ2) is 6.93. The Morgan fingerprint density at radius 1 is 1.14 bits per heavy atom. The number of H-pyrrole nitrogens is 1. The zero-order valence-corrected chi connectivity index (χ0v) is 16.1. The van der Waals surface area contributed by atoms with Crippen molar-refractivity contribution in [1.82, 2.24) is 19.9 Å². The number of halogens is 1. The number of nitrogen functional groups attached to an aromatic ring is 1. The van der Waals surface area contributed by atoms with E-state index in [1.54, 1.807) is 0 Å². The van der Waals surface area contributed by atoms with E-state index in [0.29, 0.717) is 0 Å². The normalized spacial score (nSPS) is 14.3. The Morgan fingerprint density at radius 2 is 2.00 bits per heavy atom. The Kier molecular flexibility index (Phi) is 4.26. The lowest BCUT2D eigenvalue weighted by molar-refractivity contribution is 0.242. The SMILES string of the molecule is Nc1ccc(-c2ncc3c(n2)CN(Cc2c[nH]c4ccc(Cl)cc24)CC3)cc1. The number of aromatic nitrogens is 3. The van der Waals surface area contributed by atoms with E-state index in [1.165, 1.54) is 16.5 Å². The van der Waals surface area contributed by atoms with Gasteiger partial charge in [-0.3, -0.25) is 4.90 Å². The van der Waals surface area contributed by atoms with Crippen molar-refractivity contribution in [3.8, 4) is 11.4 Å². The van der Waals surface area contributed by atoms with Crippen LogP contribution in [0.25, 0.3) is 22.3 Å². The molecule has 2 aromatic carbocycles. The summed E-state index contributed by atoms with van der Waals surface area (Å²) in [7, 11) is 0. The highest BCUT2D eigenvalue weighted by Crippen LogP contribution is 2.26. The molecule has 0 unspecified atom stereocenters. The van der Waals surface area contributed by atoms with Crippen LogP contribution >= 0.6 is 11.6 Å². The number of nitrogens with zero attached hydrogens (tertiary/aromatic N) is 3. The zero-order valence-electron chi connectivity index (χ0n) is 15.3. The number of benzene rings is 2. The van der Waals surface area contributed by atoms with E-state index in [-0.39, 0.29) is 0 Å². The molecule has 0 saturated heterocycles. The van der Waals surface area contributed by atoms with Crippen LogP contribution < -0.4 is 5.73 Å². The monoisotopic (exact) mass is 389 g/mol. The Morgan fingerprint density at radius 3 is 2.86 bits per heavy atom. The van der Waals surface area contributed by atoms with E-state index in [2.05, 4.69) is 21.1 Å². The second-order valence-corrected chi connectivity index (χ2v) is 7.69. The van der Waals surface area contributed by atoms with E-state index in [1.807, 2.05) is 48.7 Å². The van der Waals surface area contributed by atoms with Crippen molar-refractivity contribution in [1.29, 1.82) is 0 Å². The Balaban J connectivity index is 1.40. The molecule has 1 aliphatic heterocycles. The molecule has 3 heterocycles. The molecule has 3 N–H and O–H groups in total. The Bertz CT molecular complexity index is 1150. The maximum absolute atomic E-state index is 6.19. The van der Waals surface area contributed by atoms with Crippen LogP contribution in [0.3, 0.4) is 0 Å². The van der Waals surface area contributed by atoms with Gasteiger partial charge in [-0.15, -0.1) is 0 Å². The van der Waals surface area contributed by atoms with Crippen LogP contribution in [0.5, 0.6) is 0 Å². The highest BCUT2D eigenvalue weighted by Gasteiger charge is 2.20. The first-order chi connectivity index (χ1) is 13.7. The largest absolute Gasteiger partial charge is 0.399 e. The highest BCUT2D eigenvalue weighted by atomic mass is 35.5. The van der Waals surface area contributed by atoms with Crippen molar-refractivity contribution in [2.45, 2.75) is 19.5 Å². The molecule has 0 bridgehead atoms. The molecule has 28 heavy (non-hydrogen) atoms. The minimum absolute atomic E-state index is 0.742. The van der Waals surface area contributed by atoms with Crippen molar-refractivity contribution in [3.05, 3.63) is 76.7 Å². The number of hydrogen-bond donors (Lipinski definition) is 2. The molecular formula is C22H20ClN5. The minimum Gasteiger partial charge on any atom is -0.399 e. The fourth-order valence-electron chi connectivity index (χ4n) is 3.79. The van der Waals surface area contributed by atoms with Crippen molar-refractivity contribution < 1.29 is 0 Å². The average molecular weight is 390 g/mol. The summed E-state index contributed by atoms with van der Waals surface area (Å²) in [4.78, 5) is 15.2. The van der Waals surface area contributed by atoms with E-state index < -0.39 is 0 Å². The van der Waals surface area contributed by atoms with Crippen LogP contribution in [0, 0.1) is 0 Å². The van der Waals surface area contributed by atoms with Gasteiger partial charge in [0.15, 0.2) is 5.82 Å². The number of aromatic amines is 1. The molecule has 0 spiro atoms. The molecule has 0 amide bonds. The molecule has 6 heteroatoms. The molecule has 140 valence electrons.